The summed E-state index contributed by atoms with van der Waals surface area (Å²) in [5, 5.41) is 8.91. The third-order valence-electron chi connectivity index (χ3n) is 7.93. The van der Waals surface area contributed by atoms with Crippen LogP contribution in [0.2, 0.25) is 5.02 Å². The molecule has 1 amide bonds. The Bertz CT molecular complexity index is 1510. The third-order valence-corrected chi connectivity index (χ3v) is 9.04. The van der Waals surface area contributed by atoms with Crippen molar-refractivity contribution >= 4 is 46.6 Å². The van der Waals surface area contributed by atoms with E-state index in [4.69, 9.17) is 30.8 Å². The van der Waals surface area contributed by atoms with Gasteiger partial charge in [-0.15, -0.1) is 11.3 Å². The van der Waals surface area contributed by atoms with Gasteiger partial charge in [0, 0.05) is 52.9 Å². The molecule has 3 aliphatic rings. The van der Waals surface area contributed by atoms with Crippen LogP contribution in [0.25, 0.3) is 0 Å². The number of rotatable bonds is 8. The maximum Gasteiger partial charge on any atom is 0.408 e. The van der Waals surface area contributed by atoms with E-state index in [0.717, 1.165) is 0 Å². The average Bonchev–Trinajstić information content (AvgIpc) is 3.47. The van der Waals surface area contributed by atoms with Crippen LogP contribution in [0.3, 0.4) is 0 Å². The number of nitrogens with zero attached hydrogens (tertiary/aromatic N) is 3. The van der Waals surface area contributed by atoms with Gasteiger partial charge in [0.25, 0.3) is 0 Å². The van der Waals surface area contributed by atoms with Gasteiger partial charge in [-0.25, -0.2) is 19.0 Å². The number of thiazole rings is 1. The number of halogens is 2. The Hall–Kier alpha value is -3.39. The molecule has 1 aromatic heterocycles. The number of morpholine rings is 1. The molecule has 2 N–H and O–H groups in total. The van der Waals surface area contributed by atoms with Crippen LogP contribution in [0.15, 0.2) is 46.0 Å². The van der Waals surface area contributed by atoms with Gasteiger partial charge in [-0.2, -0.15) is 0 Å². The van der Waals surface area contributed by atoms with E-state index in [2.05, 4.69) is 20.5 Å². The van der Waals surface area contributed by atoms with E-state index in [1.54, 1.807) is 27.0 Å². The molecular formula is C31H37ClFN5O6S. The molecule has 1 aromatic carbocycles. The molecule has 0 spiro atoms. The molecule has 14 heteroatoms. The SMILES string of the molecule is COC(=O)C1=C(CN2C3COCC2CC(CC(C)=O)(NC(=O)OC(C)(C)C)C3)NC(c2nccs2)=N[C@H]1c1ccc(F)cc1Cl. The molecule has 3 atom stereocenters. The van der Waals surface area contributed by atoms with Gasteiger partial charge in [0.2, 0.25) is 0 Å². The number of ketones is 1. The molecular weight excluding hydrogens is 625 g/mol. The van der Waals surface area contributed by atoms with E-state index in [1.165, 1.54) is 43.6 Å². The zero-order valence-corrected chi connectivity index (χ0v) is 27.4. The Morgan fingerprint density at radius 2 is 1.96 bits per heavy atom. The Morgan fingerprint density at radius 1 is 1.24 bits per heavy atom. The van der Waals surface area contributed by atoms with Crippen LogP contribution < -0.4 is 10.6 Å². The predicted molar refractivity (Wildman–Crippen MR) is 167 cm³/mol. The number of esters is 1. The van der Waals surface area contributed by atoms with Crippen LogP contribution in [0.5, 0.6) is 0 Å². The molecule has 5 rings (SSSR count). The Balaban J connectivity index is 1.52. The molecule has 2 saturated heterocycles. The van der Waals surface area contributed by atoms with Crippen molar-refractivity contribution in [2.45, 2.75) is 76.2 Å². The summed E-state index contributed by atoms with van der Waals surface area (Å²) in [6.45, 7) is 7.85. The number of Topliss-reactive ketones (excluding diaryl/α,β-unsaturated/α-hetero) is 1. The zero-order valence-electron chi connectivity index (χ0n) is 25.8. The number of fused-ring (bicyclic) bond motifs is 2. The molecule has 242 valence electrons. The number of alkyl carbamates (subject to hydrolysis) is 1. The summed E-state index contributed by atoms with van der Waals surface area (Å²) in [7, 11) is 1.29. The normalized spacial score (nSPS) is 25.2. The van der Waals surface area contributed by atoms with E-state index in [1.807, 2.05) is 5.38 Å². The number of aliphatic imine (C=N–C) groups is 1. The van der Waals surface area contributed by atoms with Gasteiger partial charge in [-0.05, 0) is 52.7 Å². The highest BCUT2D eigenvalue weighted by Gasteiger charge is 2.49. The highest BCUT2D eigenvalue weighted by molar-refractivity contribution is 7.11. The van der Waals surface area contributed by atoms with Crippen LogP contribution in [0.1, 0.15) is 63.6 Å². The molecule has 2 unspecified atom stereocenters. The van der Waals surface area contributed by atoms with Crippen LogP contribution >= 0.6 is 22.9 Å². The van der Waals surface area contributed by atoms with Gasteiger partial charge >= 0.3 is 12.1 Å². The first-order valence-electron chi connectivity index (χ1n) is 14.6. The molecule has 11 nitrogen and oxygen atoms in total. The number of carbonyl (C=O) groups excluding carboxylic acids is 3. The van der Waals surface area contributed by atoms with Crippen LogP contribution in [0, 0.1) is 5.82 Å². The Kier molecular flexibility index (Phi) is 9.64. The lowest BCUT2D eigenvalue weighted by molar-refractivity contribution is -0.136. The molecule has 2 aromatic rings. The largest absolute Gasteiger partial charge is 0.466 e. The maximum absolute atomic E-state index is 14.0. The number of ether oxygens (including phenoxy) is 3. The second kappa shape index (κ2) is 13.1. The number of piperidine rings is 1. The molecule has 0 radical (unpaired) electrons. The van der Waals surface area contributed by atoms with Gasteiger partial charge < -0.3 is 24.8 Å². The van der Waals surface area contributed by atoms with E-state index in [0.29, 0.717) is 48.2 Å². The van der Waals surface area contributed by atoms with Crippen molar-refractivity contribution in [1.29, 1.82) is 0 Å². The van der Waals surface area contributed by atoms with Crippen molar-refractivity contribution in [1.82, 2.24) is 20.5 Å². The van der Waals surface area contributed by atoms with E-state index in [9.17, 15) is 18.8 Å². The number of methoxy groups -OCH3 is 1. The molecule has 45 heavy (non-hydrogen) atoms. The molecule has 3 aliphatic heterocycles. The zero-order chi connectivity index (χ0) is 32.5. The molecule has 0 saturated carbocycles. The van der Waals surface area contributed by atoms with E-state index >= 15 is 0 Å². The fourth-order valence-electron chi connectivity index (χ4n) is 6.36. The number of hydrogen-bond donors (Lipinski definition) is 2. The quantitative estimate of drug-likeness (QED) is 0.391. The summed E-state index contributed by atoms with van der Waals surface area (Å²) in [5.41, 5.74) is -0.330. The van der Waals surface area contributed by atoms with Crippen molar-refractivity contribution in [3.05, 3.63) is 62.5 Å². The fourth-order valence-corrected chi connectivity index (χ4v) is 7.22. The number of aromatic nitrogens is 1. The first-order chi connectivity index (χ1) is 21.3. The van der Waals surface area contributed by atoms with Gasteiger partial charge in [0.05, 0.1) is 31.4 Å². The minimum Gasteiger partial charge on any atom is -0.466 e. The van der Waals surface area contributed by atoms with E-state index < -0.39 is 35.1 Å². The van der Waals surface area contributed by atoms with Gasteiger partial charge in [-0.3, -0.25) is 14.7 Å². The number of amides is 1. The second-order valence-electron chi connectivity index (χ2n) is 12.6. The Morgan fingerprint density at radius 3 is 2.53 bits per heavy atom. The summed E-state index contributed by atoms with van der Waals surface area (Å²) in [5.74, 6) is -0.734. The number of hydrogen-bond acceptors (Lipinski definition) is 11. The Labute approximate surface area is 270 Å². The number of benzene rings is 1. The lowest BCUT2D eigenvalue weighted by atomic mass is 9.75. The van der Waals surface area contributed by atoms with Gasteiger partial charge in [0.1, 0.15) is 23.2 Å². The van der Waals surface area contributed by atoms with Gasteiger partial charge in [0.15, 0.2) is 10.8 Å². The summed E-state index contributed by atoms with van der Waals surface area (Å²) < 4.78 is 30.8. The van der Waals surface area contributed by atoms with E-state index in [-0.39, 0.29) is 41.4 Å². The molecule has 4 heterocycles. The number of amidine groups is 1. The van der Waals surface area contributed by atoms with Crippen molar-refractivity contribution in [3.8, 4) is 0 Å². The number of nitrogens with one attached hydrogen (secondary N) is 2. The minimum absolute atomic E-state index is 0.0496. The monoisotopic (exact) mass is 661 g/mol. The molecule has 2 fully saturated rings. The van der Waals surface area contributed by atoms with Crippen molar-refractivity contribution in [2.24, 2.45) is 4.99 Å². The van der Waals surface area contributed by atoms with Crippen LogP contribution in [-0.4, -0.2) is 83.7 Å². The fraction of sp³-hybridized carbons (Fsp3) is 0.516. The lowest BCUT2D eigenvalue weighted by Crippen LogP contribution is -2.67. The third kappa shape index (κ3) is 7.54. The first-order valence-corrected chi connectivity index (χ1v) is 15.9. The van der Waals surface area contributed by atoms with Crippen LogP contribution in [0.4, 0.5) is 9.18 Å². The van der Waals surface area contributed by atoms with Gasteiger partial charge in [-0.1, -0.05) is 17.7 Å². The summed E-state index contributed by atoms with van der Waals surface area (Å²) in [6, 6.07) is 2.65. The van der Waals surface area contributed by atoms with Crippen molar-refractivity contribution < 1.29 is 33.0 Å². The minimum atomic E-state index is -0.896. The summed E-state index contributed by atoms with van der Waals surface area (Å²) >= 11 is 7.88. The number of carbonyl (C=O) groups is 3. The lowest BCUT2D eigenvalue weighted by Gasteiger charge is -2.53. The summed E-state index contributed by atoms with van der Waals surface area (Å²) in [4.78, 5) is 50.3. The van der Waals surface area contributed by atoms with Crippen molar-refractivity contribution in [2.75, 3.05) is 26.9 Å². The topological polar surface area (TPSA) is 131 Å². The van der Waals surface area contributed by atoms with Crippen molar-refractivity contribution in [3.63, 3.8) is 0 Å². The second-order valence-corrected chi connectivity index (χ2v) is 13.9. The average molecular weight is 662 g/mol. The molecule has 0 aliphatic carbocycles. The summed E-state index contributed by atoms with van der Waals surface area (Å²) in [6.07, 6.45) is 2.06. The first kappa shape index (κ1) is 33.0. The highest BCUT2D eigenvalue weighted by Crippen LogP contribution is 2.40. The van der Waals surface area contributed by atoms with Crippen LogP contribution in [-0.2, 0) is 23.8 Å². The maximum atomic E-state index is 14.0. The predicted octanol–water partition coefficient (Wildman–Crippen LogP) is 4.56. The standard InChI is InChI=1S/C31H37ClFN5O6S/c1-17(39)11-31(37-29(41)44-30(2,3)4)12-19-15-43-16-20(13-31)38(19)14-23-24(28(40)42-5)25(21-7-6-18(33)10-22(21)32)36-26(35-23)27-34-8-9-45-27/h6-10,19-20,25H,11-16H2,1-5H3,(H,35,36)(H,37,41)/t19?,20?,25-,31?/m0/s1. The molecule has 2 bridgehead atoms. The smallest absolute Gasteiger partial charge is 0.408 e. The highest BCUT2D eigenvalue weighted by atomic mass is 35.5.